The number of carbonyl (C=O) groups excluding carboxylic acids is 4. The second kappa shape index (κ2) is 10.4. The standard InChI is InChI=1S/C36H50O6/c1-9-29(39)42-18-20(2)22(4)31(40)32(41)24(6)30-25(16-21(3)37)17-34(8)28-11-10-26-23(5)27(38)12-13-35(26)19-36(28,35)15-14-33(30,34)7/h9,12-13,20,23-26,28,30,32,41H,1,4,10-11,14-19H2,2-3,5-8H3/t20-,23-,24-,25-,26?,28?,30-,32+,33+,34-,35+,36-/m0/s1. The molecule has 0 aliphatic heterocycles. The molecule has 0 saturated heterocycles. The maximum Gasteiger partial charge on any atom is 0.330 e. The Kier molecular flexibility index (Phi) is 7.69. The molecule has 6 nitrogen and oxygen atoms in total. The van der Waals surface area contributed by atoms with Crippen molar-refractivity contribution in [2.75, 3.05) is 6.61 Å². The van der Waals surface area contributed by atoms with Crippen LogP contribution in [0.4, 0.5) is 0 Å². The van der Waals surface area contributed by atoms with E-state index < -0.39 is 23.8 Å². The molecule has 5 aliphatic rings. The molecule has 5 rings (SSSR count). The maximum atomic E-state index is 13.6. The largest absolute Gasteiger partial charge is 0.462 e. The molecule has 0 aromatic heterocycles. The lowest BCUT2D eigenvalue weighted by atomic mass is 9.43. The zero-order valence-electron chi connectivity index (χ0n) is 26.4. The number of hydrogen-bond donors (Lipinski definition) is 1. The van der Waals surface area contributed by atoms with Gasteiger partial charge in [-0.3, -0.25) is 9.59 Å². The smallest absolute Gasteiger partial charge is 0.330 e. The van der Waals surface area contributed by atoms with E-state index in [0.29, 0.717) is 18.3 Å². The van der Waals surface area contributed by atoms with E-state index in [9.17, 15) is 24.3 Å². The van der Waals surface area contributed by atoms with Crippen LogP contribution in [0.2, 0.25) is 0 Å². The Balaban J connectivity index is 1.43. The van der Waals surface area contributed by atoms with Crippen molar-refractivity contribution in [3.8, 4) is 0 Å². The van der Waals surface area contributed by atoms with Gasteiger partial charge < -0.3 is 14.6 Å². The lowest BCUT2D eigenvalue weighted by Gasteiger charge is -2.61. The van der Waals surface area contributed by atoms with Gasteiger partial charge in [0.15, 0.2) is 11.6 Å². The van der Waals surface area contributed by atoms with Crippen molar-refractivity contribution < 1.29 is 29.0 Å². The molecule has 0 aromatic carbocycles. The summed E-state index contributed by atoms with van der Waals surface area (Å²) in [6.45, 7) is 19.7. The molecule has 230 valence electrons. The Morgan fingerprint density at radius 3 is 2.50 bits per heavy atom. The SMILES string of the molecule is C=CC(=O)OC[C@H](C)C(=C)C(=O)[C@H](O)[C@@H](C)[C@H]1[C@@H](CC(C)=O)C[C@@]2(C)C3CCC4[C@H](C)C(=O)C=C[C@@]45C[C@@]35CC[C@]12C. The molecule has 5 aliphatic carbocycles. The number of Topliss-reactive ketones (excluding diaryl/α,β-unsaturated/α-hetero) is 2. The van der Waals surface area contributed by atoms with Crippen LogP contribution in [0.5, 0.6) is 0 Å². The van der Waals surface area contributed by atoms with Crippen LogP contribution in [-0.4, -0.2) is 41.1 Å². The van der Waals surface area contributed by atoms with E-state index in [1.807, 2.05) is 13.0 Å². The summed E-state index contributed by atoms with van der Waals surface area (Å²) in [5, 5.41) is 11.6. The molecule has 2 spiro atoms. The number of ether oxygens (including phenoxy) is 1. The van der Waals surface area contributed by atoms with Gasteiger partial charge in [-0.05, 0) is 108 Å². The van der Waals surface area contributed by atoms with Crippen LogP contribution in [0.25, 0.3) is 0 Å². The zero-order valence-corrected chi connectivity index (χ0v) is 26.4. The second-order valence-electron chi connectivity index (χ2n) is 15.3. The van der Waals surface area contributed by atoms with Crippen LogP contribution in [0.15, 0.2) is 37.0 Å². The van der Waals surface area contributed by atoms with Gasteiger partial charge in [-0.1, -0.05) is 53.9 Å². The first-order valence-corrected chi connectivity index (χ1v) is 16.0. The van der Waals surface area contributed by atoms with Gasteiger partial charge in [-0.2, -0.15) is 0 Å². The van der Waals surface area contributed by atoms with E-state index in [1.165, 1.54) is 0 Å². The van der Waals surface area contributed by atoms with Crippen molar-refractivity contribution in [2.24, 2.45) is 63.1 Å². The van der Waals surface area contributed by atoms with E-state index in [-0.39, 0.29) is 69.1 Å². The van der Waals surface area contributed by atoms with E-state index in [4.69, 9.17) is 4.74 Å². The number of fused-ring (bicyclic) bond motifs is 2. The van der Waals surface area contributed by atoms with Gasteiger partial charge >= 0.3 is 5.97 Å². The average molecular weight is 579 g/mol. The number of hydrogen-bond acceptors (Lipinski definition) is 6. The topological polar surface area (TPSA) is 97.7 Å². The Bertz CT molecular complexity index is 1250. The lowest BCUT2D eigenvalue weighted by molar-refractivity contribution is -0.142. The molecule has 4 saturated carbocycles. The fourth-order valence-corrected chi connectivity index (χ4v) is 11.4. The highest BCUT2D eigenvalue weighted by atomic mass is 16.5. The average Bonchev–Trinajstić information content (AvgIpc) is 3.56. The molecule has 0 heterocycles. The number of allylic oxidation sites excluding steroid dienone is 2. The van der Waals surface area contributed by atoms with Crippen molar-refractivity contribution in [1.29, 1.82) is 0 Å². The molecule has 0 amide bonds. The van der Waals surface area contributed by atoms with Gasteiger partial charge in [0.1, 0.15) is 11.9 Å². The molecule has 4 fully saturated rings. The summed E-state index contributed by atoms with van der Waals surface area (Å²) in [5.74, 6) is -0.295. The van der Waals surface area contributed by atoms with Crippen LogP contribution in [0.3, 0.4) is 0 Å². The van der Waals surface area contributed by atoms with Crippen LogP contribution in [0.1, 0.15) is 86.5 Å². The van der Waals surface area contributed by atoms with Gasteiger partial charge in [-0.25, -0.2) is 4.79 Å². The fraction of sp³-hybridized carbons (Fsp3) is 0.722. The summed E-state index contributed by atoms with van der Waals surface area (Å²) in [6, 6.07) is 0. The second-order valence-corrected chi connectivity index (χ2v) is 15.3. The van der Waals surface area contributed by atoms with Crippen molar-refractivity contribution in [3.63, 3.8) is 0 Å². The number of aliphatic hydroxyl groups excluding tert-OH is 1. The molecule has 1 N–H and O–H groups in total. The molecule has 0 bridgehead atoms. The highest BCUT2D eigenvalue weighted by Crippen LogP contribution is 2.87. The van der Waals surface area contributed by atoms with E-state index >= 15 is 0 Å². The minimum absolute atomic E-state index is 0.000720. The van der Waals surface area contributed by atoms with Crippen molar-refractivity contribution in [2.45, 2.75) is 92.6 Å². The van der Waals surface area contributed by atoms with Crippen molar-refractivity contribution in [3.05, 3.63) is 37.0 Å². The van der Waals surface area contributed by atoms with E-state index in [0.717, 1.165) is 44.6 Å². The summed E-state index contributed by atoms with van der Waals surface area (Å²) in [6.07, 6.45) is 10.7. The van der Waals surface area contributed by atoms with Gasteiger partial charge in [0.25, 0.3) is 0 Å². The van der Waals surface area contributed by atoms with Crippen LogP contribution in [-0.2, 0) is 23.9 Å². The van der Waals surface area contributed by atoms with Gasteiger partial charge in [0, 0.05) is 24.3 Å². The molecule has 42 heavy (non-hydrogen) atoms. The number of aliphatic hydroxyl groups is 1. The third-order valence-electron chi connectivity index (χ3n) is 13.6. The highest BCUT2D eigenvalue weighted by Gasteiger charge is 2.81. The van der Waals surface area contributed by atoms with Gasteiger partial charge in [-0.15, -0.1) is 0 Å². The zero-order chi connectivity index (χ0) is 31.0. The summed E-state index contributed by atoms with van der Waals surface area (Å²) in [4.78, 5) is 50.3. The molecule has 0 radical (unpaired) electrons. The van der Waals surface area contributed by atoms with Gasteiger partial charge in [0.05, 0.1) is 6.61 Å². The summed E-state index contributed by atoms with van der Waals surface area (Å²) >= 11 is 0. The first kappa shape index (κ1) is 31.1. The number of esters is 1. The van der Waals surface area contributed by atoms with Crippen LogP contribution in [0, 0.1) is 63.1 Å². The number of ketones is 3. The fourth-order valence-electron chi connectivity index (χ4n) is 11.4. The minimum atomic E-state index is -1.25. The Morgan fingerprint density at radius 2 is 1.86 bits per heavy atom. The molecule has 6 heteroatoms. The van der Waals surface area contributed by atoms with Crippen LogP contribution < -0.4 is 0 Å². The van der Waals surface area contributed by atoms with E-state index in [2.05, 4.69) is 40.0 Å². The quantitative estimate of drug-likeness (QED) is 0.250. The van der Waals surface area contributed by atoms with E-state index in [1.54, 1.807) is 13.8 Å². The maximum absolute atomic E-state index is 13.6. The van der Waals surface area contributed by atoms with Crippen molar-refractivity contribution in [1.82, 2.24) is 0 Å². The summed E-state index contributed by atoms with van der Waals surface area (Å²) < 4.78 is 5.13. The normalized spacial score (nSPS) is 43.5. The number of carbonyl (C=O) groups is 4. The lowest BCUT2D eigenvalue weighted by Crippen LogP contribution is -2.55. The van der Waals surface area contributed by atoms with Gasteiger partial charge in [0.2, 0.25) is 0 Å². The first-order chi connectivity index (χ1) is 19.6. The Hall–Kier alpha value is -2.34. The van der Waals surface area contributed by atoms with Crippen molar-refractivity contribution >= 4 is 23.3 Å². The molecular weight excluding hydrogens is 528 g/mol. The Labute approximate surface area is 251 Å². The predicted octanol–water partition coefficient (Wildman–Crippen LogP) is 6.07. The Morgan fingerprint density at radius 1 is 1.17 bits per heavy atom. The number of rotatable bonds is 10. The highest BCUT2D eigenvalue weighted by molar-refractivity contribution is 5.98. The third-order valence-corrected chi connectivity index (χ3v) is 13.6. The molecule has 12 atom stereocenters. The molecule has 0 aromatic rings. The summed E-state index contributed by atoms with van der Waals surface area (Å²) in [5.41, 5.74) is 0.380. The van der Waals surface area contributed by atoms with Crippen LogP contribution >= 0.6 is 0 Å². The molecular formula is C36H50O6. The monoisotopic (exact) mass is 578 g/mol. The third kappa shape index (κ3) is 4.21. The molecule has 2 unspecified atom stereocenters. The first-order valence-electron chi connectivity index (χ1n) is 16.0. The predicted molar refractivity (Wildman–Crippen MR) is 161 cm³/mol. The summed E-state index contributed by atoms with van der Waals surface area (Å²) in [7, 11) is 0. The minimum Gasteiger partial charge on any atom is -0.462 e.